The van der Waals surface area contributed by atoms with E-state index in [1.807, 2.05) is 63.2 Å². The Morgan fingerprint density at radius 1 is 0.933 bits per heavy atom. The molecule has 30 heavy (non-hydrogen) atoms. The van der Waals surface area contributed by atoms with Gasteiger partial charge in [-0.1, -0.05) is 30.3 Å². The van der Waals surface area contributed by atoms with E-state index in [1.54, 1.807) is 6.07 Å². The maximum absolute atomic E-state index is 12.6. The van der Waals surface area contributed by atoms with Crippen molar-refractivity contribution in [3.05, 3.63) is 59.8 Å². The largest absolute Gasteiger partial charge is 0.490 e. The molecule has 7 heteroatoms. The van der Waals surface area contributed by atoms with Crippen LogP contribution in [-0.2, 0) is 6.54 Å². The normalized spacial score (nSPS) is 10.5. The number of nitrogens with one attached hydrogen (secondary N) is 2. The predicted molar refractivity (Wildman–Crippen MR) is 115 cm³/mol. The predicted octanol–water partition coefficient (Wildman–Crippen LogP) is 4.20. The number of hydrogen-bond donors (Lipinski definition) is 2. The maximum atomic E-state index is 12.6. The fraction of sp³-hybridized carbons (Fsp3) is 0.304. The van der Waals surface area contributed by atoms with E-state index in [0.29, 0.717) is 49.3 Å². The Morgan fingerprint density at radius 2 is 1.57 bits per heavy atom. The number of ether oxygens (including phenoxy) is 3. The molecule has 0 bridgehead atoms. The molecule has 1 aromatic heterocycles. The molecule has 3 aromatic rings. The van der Waals surface area contributed by atoms with Crippen molar-refractivity contribution in [1.82, 2.24) is 15.5 Å². The van der Waals surface area contributed by atoms with Crippen LogP contribution in [0, 0.1) is 0 Å². The van der Waals surface area contributed by atoms with Crippen molar-refractivity contribution in [2.45, 2.75) is 27.3 Å². The molecule has 0 spiro atoms. The summed E-state index contributed by atoms with van der Waals surface area (Å²) in [6.07, 6.45) is 0. The van der Waals surface area contributed by atoms with Crippen molar-refractivity contribution < 1.29 is 19.0 Å². The first-order valence-corrected chi connectivity index (χ1v) is 10.1. The van der Waals surface area contributed by atoms with Gasteiger partial charge >= 0.3 is 0 Å². The van der Waals surface area contributed by atoms with Crippen molar-refractivity contribution in [3.8, 4) is 28.5 Å². The summed E-state index contributed by atoms with van der Waals surface area (Å²) in [5.74, 6) is 1.54. The smallest absolute Gasteiger partial charge is 0.269 e. The number of carbonyl (C=O) groups is 1. The van der Waals surface area contributed by atoms with Gasteiger partial charge in [-0.25, -0.2) is 0 Å². The molecular weight excluding hydrogens is 382 g/mol. The number of amides is 1. The summed E-state index contributed by atoms with van der Waals surface area (Å²) in [6, 6.07) is 15.2. The molecule has 0 aliphatic carbocycles. The molecule has 1 amide bonds. The maximum Gasteiger partial charge on any atom is 0.269 e. The Labute approximate surface area is 176 Å². The number of carbonyl (C=O) groups excluding carboxylic acids is 1. The van der Waals surface area contributed by atoms with Crippen LogP contribution >= 0.6 is 0 Å². The van der Waals surface area contributed by atoms with Crippen LogP contribution in [0.25, 0.3) is 11.3 Å². The van der Waals surface area contributed by atoms with Gasteiger partial charge in [-0.05, 0) is 44.5 Å². The number of aromatic nitrogens is 2. The lowest BCUT2D eigenvalue weighted by Gasteiger charge is -2.17. The van der Waals surface area contributed by atoms with Gasteiger partial charge < -0.3 is 19.5 Å². The number of H-pyrrole nitrogens is 1. The summed E-state index contributed by atoms with van der Waals surface area (Å²) in [4.78, 5) is 12.6. The second-order valence-electron chi connectivity index (χ2n) is 6.44. The third-order valence-corrected chi connectivity index (χ3v) is 4.31. The molecule has 0 fully saturated rings. The minimum atomic E-state index is -0.241. The highest BCUT2D eigenvalue weighted by molar-refractivity contribution is 5.93. The van der Waals surface area contributed by atoms with Gasteiger partial charge in [-0.15, -0.1) is 0 Å². The minimum absolute atomic E-state index is 0.241. The van der Waals surface area contributed by atoms with Crippen molar-refractivity contribution in [2.75, 3.05) is 19.8 Å². The van der Waals surface area contributed by atoms with Crippen LogP contribution < -0.4 is 19.5 Å². The quantitative estimate of drug-likeness (QED) is 0.524. The van der Waals surface area contributed by atoms with Crippen LogP contribution in [0.5, 0.6) is 17.2 Å². The topological polar surface area (TPSA) is 85.5 Å². The Kier molecular flexibility index (Phi) is 7.32. The Bertz CT molecular complexity index is 943. The van der Waals surface area contributed by atoms with E-state index in [4.69, 9.17) is 14.2 Å². The van der Waals surface area contributed by atoms with Crippen LogP contribution in [0.15, 0.2) is 48.5 Å². The molecule has 0 saturated carbocycles. The molecule has 0 aliphatic heterocycles. The fourth-order valence-corrected chi connectivity index (χ4v) is 3.02. The summed E-state index contributed by atoms with van der Waals surface area (Å²) in [5.41, 5.74) is 2.91. The van der Waals surface area contributed by atoms with Crippen molar-refractivity contribution in [1.29, 1.82) is 0 Å². The highest BCUT2D eigenvalue weighted by Crippen LogP contribution is 2.39. The second kappa shape index (κ2) is 10.3. The van der Waals surface area contributed by atoms with Crippen molar-refractivity contribution in [3.63, 3.8) is 0 Å². The summed E-state index contributed by atoms with van der Waals surface area (Å²) in [5, 5.41) is 9.94. The number of aromatic amines is 1. The molecule has 0 aliphatic rings. The molecule has 7 nitrogen and oxygen atoms in total. The molecule has 2 N–H and O–H groups in total. The highest BCUT2D eigenvalue weighted by Gasteiger charge is 2.16. The lowest BCUT2D eigenvalue weighted by molar-refractivity contribution is 0.0945. The summed E-state index contributed by atoms with van der Waals surface area (Å²) < 4.78 is 17.2. The van der Waals surface area contributed by atoms with Crippen LogP contribution in [-0.4, -0.2) is 35.9 Å². The Hall–Kier alpha value is -3.48. The van der Waals surface area contributed by atoms with Gasteiger partial charge in [0, 0.05) is 12.1 Å². The van der Waals surface area contributed by atoms with Gasteiger partial charge in [0.25, 0.3) is 5.91 Å². The van der Waals surface area contributed by atoms with E-state index >= 15 is 0 Å². The number of nitrogens with zero attached hydrogens (tertiary/aromatic N) is 1. The third kappa shape index (κ3) is 5.11. The van der Waals surface area contributed by atoms with Gasteiger partial charge in [-0.2, -0.15) is 5.10 Å². The summed E-state index contributed by atoms with van der Waals surface area (Å²) in [7, 11) is 0. The first-order valence-electron chi connectivity index (χ1n) is 10.1. The molecule has 158 valence electrons. The zero-order valence-corrected chi connectivity index (χ0v) is 17.5. The molecule has 0 saturated heterocycles. The first kappa shape index (κ1) is 21.2. The van der Waals surface area contributed by atoms with E-state index in [1.165, 1.54) is 0 Å². The van der Waals surface area contributed by atoms with Crippen LogP contribution in [0.4, 0.5) is 0 Å². The molecule has 0 radical (unpaired) electrons. The standard InChI is InChI=1S/C23H27N3O4/c1-4-28-20-12-16(13-21(29-5-2)22(20)30-6-3)15-24-23(27)19-14-18(25-26-19)17-10-8-7-9-11-17/h7-14H,4-6,15H2,1-3H3,(H,24,27)(H,25,26). The van der Waals surface area contributed by atoms with E-state index in [2.05, 4.69) is 15.5 Å². The fourth-order valence-electron chi connectivity index (χ4n) is 3.02. The third-order valence-electron chi connectivity index (χ3n) is 4.31. The summed E-state index contributed by atoms with van der Waals surface area (Å²) >= 11 is 0. The zero-order chi connectivity index (χ0) is 21.3. The molecule has 1 heterocycles. The first-order chi connectivity index (χ1) is 14.7. The van der Waals surface area contributed by atoms with Gasteiger partial charge in [0.05, 0.1) is 25.5 Å². The lowest BCUT2D eigenvalue weighted by atomic mass is 10.1. The Balaban J connectivity index is 1.74. The average Bonchev–Trinajstić information content (AvgIpc) is 3.26. The number of rotatable bonds is 10. The van der Waals surface area contributed by atoms with Gasteiger partial charge in [0.1, 0.15) is 5.69 Å². The number of benzene rings is 2. The van der Waals surface area contributed by atoms with Crippen molar-refractivity contribution >= 4 is 5.91 Å². The van der Waals surface area contributed by atoms with Crippen LogP contribution in [0.1, 0.15) is 36.8 Å². The van der Waals surface area contributed by atoms with Crippen LogP contribution in [0.3, 0.4) is 0 Å². The minimum Gasteiger partial charge on any atom is -0.490 e. The van der Waals surface area contributed by atoms with Crippen LogP contribution in [0.2, 0.25) is 0 Å². The zero-order valence-electron chi connectivity index (χ0n) is 17.5. The van der Waals surface area contributed by atoms with E-state index in [9.17, 15) is 4.79 Å². The molecule has 2 aromatic carbocycles. The monoisotopic (exact) mass is 409 g/mol. The molecule has 0 atom stereocenters. The molecule has 0 unspecified atom stereocenters. The van der Waals surface area contributed by atoms with E-state index in [0.717, 1.165) is 16.8 Å². The summed E-state index contributed by atoms with van der Waals surface area (Å²) in [6.45, 7) is 7.54. The van der Waals surface area contributed by atoms with E-state index in [-0.39, 0.29) is 5.91 Å². The highest BCUT2D eigenvalue weighted by atomic mass is 16.5. The van der Waals surface area contributed by atoms with Gasteiger partial charge in [-0.3, -0.25) is 9.89 Å². The Morgan fingerprint density at radius 3 is 2.17 bits per heavy atom. The van der Waals surface area contributed by atoms with Gasteiger partial charge in [0.2, 0.25) is 5.75 Å². The van der Waals surface area contributed by atoms with E-state index < -0.39 is 0 Å². The van der Waals surface area contributed by atoms with Crippen molar-refractivity contribution in [2.24, 2.45) is 0 Å². The second-order valence-corrected chi connectivity index (χ2v) is 6.44. The average molecular weight is 409 g/mol. The lowest BCUT2D eigenvalue weighted by Crippen LogP contribution is -2.23. The van der Waals surface area contributed by atoms with Gasteiger partial charge in [0.15, 0.2) is 11.5 Å². The number of hydrogen-bond acceptors (Lipinski definition) is 5. The molecular formula is C23H27N3O4. The SMILES string of the molecule is CCOc1cc(CNC(=O)c2cc(-c3ccccc3)n[nH]2)cc(OCC)c1OCC. The molecule has 3 rings (SSSR count).